The number of hydrogen-bond donors (Lipinski definition) is 5. The second kappa shape index (κ2) is 41.4. The van der Waals surface area contributed by atoms with Gasteiger partial charge in [-0.1, -0.05) is 88.6 Å². The van der Waals surface area contributed by atoms with Crippen molar-refractivity contribution in [3.05, 3.63) is 73.1 Å². The number of piperidine rings is 1. The first-order chi connectivity index (χ1) is 33.8. The van der Waals surface area contributed by atoms with Crippen LogP contribution in [0.25, 0.3) is 0 Å². The van der Waals surface area contributed by atoms with Gasteiger partial charge in [0.1, 0.15) is 11.5 Å². The molecule has 0 amide bonds. The molecule has 3 aromatic heterocycles. The van der Waals surface area contributed by atoms with Gasteiger partial charge in [0.2, 0.25) is 0 Å². The standard InChI is InChI=1S/C10H22N2.C10H16N2.C10H22N2.C9H19FN2.C9H15N3.C8H14N2O/c1-9(2)11-5-7-12-6-4-10(3)8-12;1-9(2)11-8-6-10-5-3-4-7-12-10;1-10(2)11-6-9-12-7-4-3-5-8-12;1-8(2)11-4-5-12-6-9(3,10)7-12;1-8(2)10-7-4-9-11-5-3-6-12-9;1-8(2)11-6-5-10-4-3-9-7-10/h9-11H,4-8H2,1-3H3;3-5,7,9,11H,6,8H2,1-2H3;10-11H,3-9H2,1-2H3;8,11H,4-7H2,1-3H3;3,5-6,8,10H,4,7H2,1-2H3;3-4,7-8H,5-6H2,1-2H3. The fourth-order valence-electron chi connectivity index (χ4n) is 7.77. The minimum Gasteiger partial charge on any atom is -0.377 e. The maximum atomic E-state index is 13.0. The number of hydrogen-bond acceptors (Lipinski definition) is 13. The van der Waals surface area contributed by atoms with Crippen molar-refractivity contribution in [2.75, 3.05) is 98.2 Å². The summed E-state index contributed by atoms with van der Waals surface area (Å²) in [6.07, 6.45) is 18.8. The summed E-state index contributed by atoms with van der Waals surface area (Å²) in [4.78, 5) is 23.7. The van der Waals surface area contributed by atoms with Crippen LogP contribution in [0.15, 0.2) is 61.6 Å². The number of nitrogens with zero attached hydrogens (tertiary/aromatic N) is 8. The van der Waals surface area contributed by atoms with Gasteiger partial charge in [-0.15, -0.1) is 0 Å². The van der Waals surface area contributed by atoms with E-state index in [1.165, 1.54) is 65.0 Å². The van der Waals surface area contributed by atoms with E-state index in [-0.39, 0.29) is 0 Å². The average molecular weight is 999 g/mol. The summed E-state index contributed by atoms with van der Waals surface area (Å²) in [5.41, 5.74) is 0.239. The first-order valence-electron chi connectivity index (χ1n) is 27.6. The van der Waals surface area contributed by atoms with Crippen LogP contribution in [0.4, 0.5) is 4.39 Å². The highest BCUT2D eigenvalue weighted by Gasteiger charge is 2.38. The molecule has 1 unspecified atom stereocenters. The van der Waals surface area contributed by atoms with Crippen molar-refractivity contribution in [3.63, 3.8) is 0 Å². The maximum Gasteiger partial charge on any atom is 0.133 e. The number of likely N-dealkylation sites (tertiary alicyclic amines) is 3. The SMILES string of the molecule is CC(C)NCCN1CC(C)(F)C1.CC(C)NCCN1CCCCC1.CC(C)NCCc1ccccn1.CC(C)NCCc1ncccn1.CC(C)OCCn1ccnc1.CC1CCN(CCNC(C)C)C1. The van der Waals surface area contributed by atoms with Crippen LogP contribution in [0.5, 0.6) is 0 Å². The summed E-state index contributed by atoms with van der Waals surface area (Å²) in [5.74, 6) is 1.83. The van der Waals surface area contributed by atoms with Crippen LogP contribution in [-0.4, -0.2) is 179 Å². The number of imidazole rings is 1. The van der Waals surface area contributed by atoms with Crippen molar-refractivity contribution in [3.8, 4) is 0 Å². The Morgan fingerprint density at radius 1 is 0.606 bits per heavy atom. The van der Waals surface area contributed by atoms with Crippen LogP contribution in [-0.2, 0) is 24.1 Å². The Bertz CT molecular complexity index is 1500. The van der Waals surface area contributed by atoms with Crippen LogP contribution < -0.4 is 26.6 Å². The first-order valence-corrected chi connectivity index (χ1v) is 27.6. The Hall–Kier alpha value is -2.99. The average Bonchev–Trinajstić information content (AvgIpc) is 3.99. The number of halogens is 1. The van der Waals surface area contributed by atoms with E-state index in [0.29, 0.717) is 49.4 Å². The van der Waals surface area contributed by atoms with Gasteiger partial charge in [-0.3, -0.25) is 9.88 Å². The number of alkyl halides is 1. The van der Waals surface area contributed by atoms with Gasteiger partial charge in [-0.25, -0.2) is 19.3 Å². The number of pyridine rings is 1. The largest absolute Gasteiger partial charge is 0.377 e. The van der Waals surface area contributed by atoms with Crippen molar-refractivity contribution in [2.24, 2.45) is 5.92 Å². The second-order valence-electron chi connectivity index (χ2n) is 21.5. The molecule has 3 aromatic rings. The highest BCUT2D eigenvalue weighted by molar-refractivity contribution is 5.03. The van der Waals surface area contributed by atoms with Crippen LogP contribution in [0.1, 0.15) is 134 Å². The topological polar surface area (TPSA) is 136 Å². The normalized spacial score (nSPS) is 16.8. The van der Waals surface area contributed by atoms with E-state index in [4.69, 9.17) is 4.74 Å². The summed E-state index contributed by atoms with van der Waals surface area (Å²) < 4.78 is 20.3. The van der Waals surface area contributed by atoms with E-state index in [1.54, 1.807) is 31.8 Å². The molecule has 14 nitrogen and oxygen atoms in total. The van der Waals surface area contributed by atoms with Gasteiger partial charge in [-0.05, 0) is 83.8 Å². The smallest absolute Gasteiger partial charge is 0.133 e. The molecule has 3 aliphatic heterocycles. The molecule has 3 aliphatic rings. The molecule has 3 fully saturated rings. The van der Waals surface area contributed by atoms with Gasteiger partial charge in [0, 0.05) is 158 Å². The van der Waals surface area contributed by atoms with Crippen molar-refractivity contribution in [1.82, 2.24) is 65.8 Å². The Labute approximate surface area is 434 Å². The van der Waals surface area contributed by atoms with Gasteiger partial charge in [0.05, 0.1) is 19.0 Å². The van der Waals surface area contributed by atoms with E-state index in [9.17, 15) is 4.39 Å². The molecular formula is C56H108FN13O. The summed E-state index contributed by atoms with van der Waals surface area (Å²) >= 11 is 0. The van der Waals surface area contributed by atoms with Gasteiger partial charge in [-0.2, -0.15) is 0 Å². The molecule has 15 heteroatoms. The van der Waals surface area contributed by atoms with Crippen molar-refractivity contribution >= 4 is 0 Å². The third-order valence-electron chi connectivity index (χ3n) is 11.5. The van der Waals surface area contributed by atoms with Crippen LogP contribution >= 0.6 is 0 Å². The maximum absolute atomic E-state index is 13.0. The van der Waals surface area contributed by atoms with Crippen molar-refractivity contribution in [2.45, 2.75) is 184 Å². The minimum absolute atomic E-state index is 0.318. The van der Waals surface area contributed by atoms with Crippen molar-refractivity contribution in [1.29, 1.82) is 0 Å². The summed E-state index contributed by atoms with van der Waals surface area (Å²) in [6, 6.07) is 10.8. The van der Waals surface area contributed by atoms with E-state index >= 15 is 0 Å². The molecule has 1 atom stereocenters. The van der Waals surface area contributed by atoms with E-state index in [2.05, 4.69) is 143 Å². The van der Waals surface area contributed by atoms with Gasteiger partial charge in [0.25, 0.3) is 0 Å². The molecule has 0 aromatic carbocycles. The monoisotopic (exact) mass is 998 g/mol. The zero-order valence-corrected chi connectivity index (χ0v) is 47.7. The van der Waals surface area contributed by atoms with Crippen molar-refractivity contribution < 1.29 is 9.13 Å². The zero-order valence-electron chi connectivity index (χ0n) is 47.7. The summed E-state index contributed by atoms with van der Waals surface area (Å²) in [7, 11) is 0. The molecule has 5 N–H and O–H groups in total. The van der Waals surface area contributed by atoms with E-state index < -0.39 is 5.67 Å². The third-order valence-corrected chi connectivity index (χ3v) is 11.5. The molecule has 71 heavy (non-hydrogen) atoms. The summed E-state index contributed by atoms with van der Waals surface area (Å²) in [6.45, 7) is 46.4. The lowest BCUT2D eigenvalue weighted by atomic mass is 9.99. The van der Waals surface area contributed by atoms with Crippen LogP contribution in [0.3, 0.4) is 0 Å². The quantitative estimate of drug-likeness (QED) is 0.0599. The Morgan fingerprint density at radius 3 is 1.59 bits per heavy atom. The second-order valence-corrected chi connectivity index (χ2v) is 21.5. The summed E-state index contributed by atoms with van der Waals surface area (Å²) in [5, 5.41) is 16.9. The highest BCUT2D eigenvalue weighted by Crippen LogP contribution is 2.23. The molecular weight excluding hydrogens is 890 g/mol. The third kappa shape index (κ3) is 41.1. The Kier molecular flexibility index (Phi) is 38.5. The lowest BCUT2D eigenvalue weighted by Gasteiger charge is -2.42. The van der Waals surface area contributed by atoms with Gasteiger partial charge in [0.15, 0.2) is 0 Å². The molecule has 0 bridgehead atoms. The molecule has 6 rings (SSSR count). The lowest BCUT2D eigenvalue weighted by molar-refractivity contribution is -0.0163. The van der Waals surface area contributed by atoms with E-state index in [0.717, 1.165) is 82.7 Å². The van der Waals surface area contributed by atoms with Crippen LogP contribution in [0.2, 0.25) is 0 Å². The van der Waals surface area contributed by atoms with Crippen LogP contribution in [0, 0.1) is 5.92 Å². The molecule has 410 valence electrons. The molecule has 6 heterocycles. The number of nitrogens with one attached hydrogen (secondary N) is 5. The minimum atomic E-state index is -0.919. The molecule has 0 spiro atoms. The number of rotatable bonds is 24. The highest BCUT2D eigenvalue weighted by atomic mass is 19.1. The van der Waals surface area contributed by atoms with E-state index in [1.807, 2.05) is 49.0 Å². The lowest BCUT2D eigenvalue weighted by Crippen LogP contribution is -2.58. The fraction of sp³-hybridized carbons (Fsp3) is 0.786. The number of aromatic nitrogens is 5. The molecule has 0 aliphatic carbocycles. The van der Waals surface area contributed by atoms with Gasteiger partial charge < -0.3 is 45.7 Å². The predicted octanol–water partition coefficient (Wildman–Crippen LogP) is 7.77. The number of ether oxygens (including phenoxy) is 1. The molecule has 3 saturated heterocycles. The molecule has 0 radical (unpaired) electrons. The zero-order chi connectivity index (χ0) is 52.7. The Balaban J connectivity index is 0.000000426. The molecule has 0 saturated carbocycles. The van der Waals surface area contributed by atoms with Gasteiger partial charge >= 0.3 is 0 Å². The predicted molar refractivity (Wildman–Crippen MR) is 299 cm³/mol. The Morgan fingerprint density at radius 2 is 1.13 bits per heavy atom. The first kappa shape index (κ1) is 66.0. The fourth-order valence-corrected chi connectivity index (χ4v) is 7.77.